The number of hydrogen-bond donors (Lipinski definition) is 2. The maximum atomic E-state index is 10.8. The minimum Gasteiger partial charge on any atom is -0.493 e. The van der Waals surface area contributed by atoms with Crippen LogP contribution in [-0.4, -0.2) is 24.2 Å². The molecule has 3 N–H and O–H groups in total. The Morgan fingerprint density at radius 2 is 2.27 bits per heavy atom. The Balaban J connectivity index is 2.81. The quantitative estimate of drug-likeness (QED) is 0.755. The molecule has 1 aromatic carbocycles. The van der Waals surface area contributed by atoms with E-state index in [0.717, 1.165) is 0 Å². The zero-order valence-corrected chi connectivity index (χ0v) is 8.83. The second-order valence-electron chi connectivity index (χ2n) is 2.94. The molecule has 0 aliphatic carbocycles. The number of aromatic carboxylic acids is 1. The molecule has 0 aromatic heterocycles. The normalized spacial score (nSPS) is 10.0. The number of ether oxygens (including phenoxy) is 1. The number of carboxylic acid groups (broad SMARTS) is 1. The Bertz CT molecular complexity index is 355. The summed E-state index contributed by atoms with van der Waals surface area (Å²) >= 11 is 5.68. The molecule has 0 aliphatic rings. The van der Waals surface area contributed by atoms with Gasteiger partial charge in [-0.25, -0.2) is 4.79 Å². The summed E-state index contributed by atoms with van der Waals surface area (Å²) in [7, 11) is 0. The van der Waals surface area contributed by atoms with Gasteiger partial charge < -0.3 is 15.6 Å². The van der Waals surface area contributed by atoms with Gasteiger partial charge in [0.1, 0.15) is 11.3 Å². The molecule has 0 saturated heterocycles. The van der Waals surface area contributed by atoms with Crippen LogP contribution in [0.25, 0.3) is 0 Å². The van der Waals surface area contributed by atoms with E-state index in [4.69, 9.17) is 27.2 Å². The van der Waals surface area contributed by atoms with Crippen LogP contribution in [0.5, 0.6) is 5.75 Å². The van der Waals surface area contributed by atoms with E-state index in [0.29, 0.717) is 30.3 Å². The van der Waals surface area contributed by atoms with Crippen LogP contribution in [0.15, 0.2) is 18.2 Å². The molecule has 0 atom stereocenters. The molecule has 0 amide bonds. The highest BCUT2D eigenvalue weighted by molar-refractivity contribution is 6.31. The molecule has 0 heterocycles. The molecule has 0 spiro atoms. The third kappa shape index (κ3) is 3.42. The summed E-state index contributed by atoms with van der Waals surface area (Å²) in [6.45, 7) is 0.911. The molecule has 0 unspecified atom stereocenters. The van der Waals surface area contributed by atoms with Gasteiger partial charge in [-0.15, -0.1) is 0 Å². The van der Waals surface area contributed by atoms with E-state index in [1.165, 1.54) is 6.07 Å². The van der Waals surface area contributed by atoms with Crippen molar-refractivity contribution in [3.63, 3.8) is 0 Å². The molecule has 5 heteroatoms. The second-order valence-corrected chi connectivity index (χ2v) is 3.37. The Morgan fingerprint density at radius 1 is 1.53 bits per heavy atom. The highest BCUT2D eigenvalue weighted by atomic mass is 35.5. The van der Waals surface area contributed by atoms with Crippen LogP contribution in [0.2, 0.25) is 5.02 Å². The molecule has 0 fully saturated rings. The molecule has 0 aliphatic heterocycles. The van der Waals surface area contributed by atoms with E-state index in [-0.39, 0.29) is 5.56 Å². The SMILES string of the molecule is NCCCOc1ccc(Cl)cc1C(=O)O. The van der Waals surface area contributed by atoms with Gasteiger partial charge >= 0.3 is 5.97 Å². The first-order valence-corrected chi connectivity index (χ1v) is 4.88. The van der Waals surface area contributed by atoms with Crippen molar-refractivity contribution < 1.29 is 14.6 Å². The maximum Gasteiger partial charge on any atom is 0.339 e. The fourth-order valence-corrected chi connectivity index (χ4v) is 1.23. The van der Waals surface area contributed by atoms with Crippen LogP contribution in [-0.2, 0) is 0 Å². The lowest BCUT2D eigenvalue weighted by Crippen LogP contribution is -2.08. The van der Waals surface area contributed by atoms with Gasteiger partial charge in [-0.3, -0.25) is 0 Å². The Labute approximate surface area is 92.6 Å². The van der Waals surface area contributed by atoms with Gasteiger partial charge in [-0.1, -0.05) is 11.6 Å². The van der Waals surface area contributed by atoms with Crippen LogP contribution in [0.4, 0.5) is 0 Å². The van der Waals surface area contributed by atoms with Gasteiger partial charge in [-0.2, -0.15) is 0 Å². The van der Waals surface area contributed by atoms with E-state index in [1.54, 1.807) is 12.1 Å². The van der Waals surface area contributed by atoms with Crippen molar-refractivity contribution in [2.45, 2.75) is 6.42 Å². The topological polar surface area (TPSA) is 72.5 Å². The van der Waals surface area contributed by atoms with Crippen LogP contribution in [0.3, 0.4) is 0 Å². The summed E-state index contributed by atoms with van der Waals surface area (Å²) in [6, 6.07) is 4.50. The van der Waals surface area contributed by atoms with Crippen molar-refractivity contribution in [2.75, 3.05) is 13.2 Å². The smallest absolute Gasteiger partial charge is 0.339 e. The fourth-order valence-electron chi connectivity index (χ4n) is 1.06. The van der Waals surface area contributed by atoms with E-state index in [9.17, 15) is 4.79 Å². The number of hydrogen-bond acceptors (Lipinski definition) is 3. The highest BCUT2D eigenvalue weighted by Gasteiger charge is 2.11. The molecular weight excluding hydrogens is 218 g/mol. The molecule has 0 radical (unpaired) electrons. The summed E-state index contributed by atoms with van der Waals surface area (Å²) < 4.78 is 5.27. The van der Waals surface area contributed by atoms with Gasteiger partial charge in [0, 0.05) is 5.02 Å². The number of nitrogens with two attached hydrogens (primary N) is 1. The van der Waals surface area contributed by atoms with Crippen molar-refractivity contribution >= 4 is 17.6 Å². The van der Waals surface area contributed by atoms with E-state index < -0.39 is 5.97 Å². The first kappa shape index (κ1) is 11.8. The van der Waals surface area contributed by atoms with Crippen molar-refractivity contribution in [3.8, 4) is 5.75 Å². The predicted molar refractivity (Wildman–Crippen MR) is 57.6 cm³/mol. The van der Waals surface area contributed by atoms with Gasteiger partial charge in [0.05, 0.1) is 6.61 Å². The van der Waals surface area contributed by atoms with Crippen molar-refractivity contribution in [1.29, 1.82) is 0 Å². The van der Waals surface area contributed by atoms with E-state index >= 15 is 0 Å². The Morgan fingerprint density at radius 3 is 2.87 bits per heavy atom. The molecular formula is C10H12ClNO3. The summed E-state index contributed by atoms with van der Waals surface area (Å²) in [5.41, 5.74) is 5.37. The second kappa shape index (κ2) is 5.58. The van der Waals surface area contributed by atoms with Crippen molar-refractivity contribution in [1.82, 2.24) is 0 Å². The summed E-state index contributed by atoms with van der Waals surface area (Å²) in [5, 5.41) is 9.26. The molecule has 82 valence electrons. The van der Waals surface area contributed by atoms with Gasteiger partial charge in [-0.05, 0) is 31.2 Å². The highest BCUT2D eigenvalue weighted by Crippen LogP contribution is 2.22. The summed E-state index contributed by atoms with van der Waals surface area (Å²) in [4.78, 5) is 10.8. The number of halogens is 1. The van der Waals surface area contributed by atoms with Gasteiger partial charge in [0.2, 0.25) is 0 Å². The van der Waals surface area contributed by atoms with Crippen molar-refractivity contribution in [2.24, 2.45) is 5.73 Å². The van der Waals surface area contributed by atoms with Crippen molar-refractivity contribution in [3.05, 3.63) is 28.8 Å². The monoisotopic (exact) mass is 229 g/mol. The van der Waals surface area contributed by atoms with Gasteiger partial charge in [0.15, 0.2) is 0 Å². The maximum absolute atomic E-state index is 10.8. The molecule has 4 nitrogen and oxygen atoms in total. The van der Waals surface area contributed by atoms with Crippen LogP contribution < -0.4 is 10.5 Å². The zero-order chi connectivity index (χ0) is 11.3. The number of rotatable bonds is 5. The van der Waals surface area contributed by atoms with Gasteiger partial charge in [0.25, 0.3) is 0 Å². The largest absolute Gasteiger partial charge is 0.493 e. The molecule has 0 saturated carbocycles. The third-order valence-corrected chi connectivity index (χ3v) is 2.01. The predicted octanol–water partition coefficient (Wildman–Crippen LogP) is 1.77. The van der Waals surface area contributed by atoms with Crippen LogP contribution >= 0.6 is 11.6 Å². The minimum atomic E-state index is -1.06. The average Bonchev–Trinajstić information content (AvgIpc) is 2.20. The average molecular weight is 230 g/mol. The Kier molecular flexibility index (Phi) is 4.39. The number of benzene rings is 1. The first-order valence-electron chi connectivity index (χ1n) is 4.51. The lowest BCUT2D eigenvalue weighted by atomic mass is 10.2. The zero-order valence-electron chi connectivity index (χ0n) is 8.07. The van der Waals surface area contributed by atoms with Crippen LogP contribution in [0, 0.1) is 0 Å². The number of carboxylic acids is 1. The first-order chi connectivity index (χ1) is 7.15. The summed E-state index contributed by atoms with van der Waals surface area (Å²) in [5.74, 6) is -0.736. The fraction of sp³-hybridized carbons (Fsp3) is 0.300. The van der Waals surface area contributed by atoms with Crippen LogP contribution in [0.1, 0.15) is 16.8 Å². The molecule has 1 rings (SSSR count). The lowest BCUT2D eigenvalue weighted by Gasteiger charge is -2.08. The van der Waals surface area contributed by atoms with E-state index in [1.807, 2.05) is 0 Å². The van der Waals surface area contributed by atoms with E-state index in [2.05, 4.69) is 0 Å². The molecule has 15 heavy (non-hydrogen) atoms. The minimum absolute atomic E-state index is 0.0690. The molecule has 1 aromatic rings. The Hall–Kier alpha value is -1.26. The molecule has 0 bridgehead atoms. The summed E-state index contributed by atoms with van der Waals surface area (Å²) in [6.07, 6.45) is 0.682. The lowest BCUT2D eigenvalue weighted by molar-refractivity contribution is 0.0692. The third-order valence-electron chi connectivity index (χ3n) is 1.78. The number of carbonyl (C=O) groups is 1. The standard InChI is InChI=1S/C10H12ClNO3/c11-7-2-3-9(15-5-1-4-12)8(6-7)10(13)14/h2-3,6H,1,4-5,12H2,(H,13,14).